The molecule has 4 N–H and O–H groups in total. The van der Waals surface area contributed by atoms with Crippen LogP contribution in [0, 0.1) is 6.92 Å². The van der Waals surface area contributed by atoms with Crippen LogP contribution in [0.15, 0.2) is 29.0 Å². The molecule has 3 amide bonds. The maximum Gasteiger partial charge on any atom is 0.322 e. The Labute approximate surface area is 239 Å². The van der Waals surface area contributed by atoms with Gasteiger partial charge >= 0.3 is 12.0 Å². The predicted octanol–water partition coefficient (Wildman–Crippen LogP) is 1.34. The van der Waals surface area contributed by atoms with Gasteiger partial charge in [-0.15, -0.1) is 0 Å². The molecule has 226 valence electrons. The third-order valence-electron chi connectivity index (χ3n) is 6.72. The van der Waals surface area contributed by atoms with E-state index in [9.17, 15) is 27.9 Å². The third kappa shape index (κ3) is 10.4. The fraction of sp³-hybridized carbons (Fsp3) is 0.577. The molecule has 1 aliphatic rings. The number of aryl methyl sites for hydroxylation is 1. The number of nitrogens with one attached hydrogen (secondary N) is 3. The number of carboxylic acids is 1. The second kappa shape index (κ2) is 14.9. The number of rotatable bonds is 14. The molecule has 0 aromatic carbocycles. The van der Waals surface area contributed by atoms with Crippen LogP contribution in [-0.4, -0.2) is 95.7 Å². The number of likely N-dealkylation sites (tertiary alicyclic amines) is 1. The molecule has 0 bridgehead atoms. The van der Waals surface area contributed by atoms with E-state index in [0.29, 0.717) is 44.6 Å². The normalized spacial score (nSPS) is 15.3. The number of carboxylic acid groups (broad SMARTS) is 1. The van der Waals surface area contributed by atoms with Crippen LogP contribution < -0.4 is 15.4 Å². The topological polar surface area (TPSA) is 187 Å². The van der Waals surface area contributed by atoms with Crippen molar-refractivity contribution in [2.45, 2.75) is 64.6 Å². The van der Waals surface area contributed by atoms with Crippen molar-refractivity contribution in [2.75, 3.05) is 37.8 Å². The zero-order chi connectivity index (χ0) is 30.0. The lowest BCUT2D eigenvalue weighted by Crippen LogP contribution is -2.48. The van der Waals surface area contributed by atoms with Gasteiger partial charge in [-0.05, 0) is 37.8 Å². The molecular formula is C26H39N7O7S. The van der Waals surface area contributed by atoms with Crippen LogP contribution in [0.3, 0.4) is 0 Å². The first-order valence-electron chi connectivity index (χ1n) is 13.6. The summed E-state index contributed by atoms with van der Waals surface area (Å²) in [7, 11) is -2.13. The largest absolute Gasteiger partial charge is 0.480 e. The summed E-state index contributed by atoms with van der Waals surface area (Å²) >= 11 is 0. The zero-order valence-corrected chi connectivity index (χ0v) is 24.4. The number of carbonyl (C=O) groups excluding carboxylic acids is 2. The summed E-state index contributed by atoms with van der Waals surface area (Å²) in [5.74, 6) is -0.885. The van der Waals surface area contributed by atoms with Gasteiger partial charge in [0.2, 0.25) is 21.8 Å². The molecular weight excluding hydrogens is 554 g/mol. The number of urea groups is 1. The van der Waals surface area contributed by atoms with Crippen molar-refractivity contribution >= 4 is 33.7 Å². The monoisotopic (exact) mass is 593 g/mol. The Bertz CT molecular complexity index is 1290. The number of carbonyl (C=O) groups is 3. The first kappa shape index (κ1) is 32.0. The lowest BCUT2D eigenvalue weighted by Gasteiger charge is -2.32. The van der Waals surface area contributed by atoms with Crippen molar-refractivity contribution < 1.29 is 32.3 Å². The fourth-order valence-corrected chi connectivity index (χ4v) is 5.70. The quantitative estimate of drug-likeness (QED) is 0.249. The molecule has 15 heteroatoms. The minimum Gasteiger partial charge on any atom is -0.480 e. The van der Waals surface area contributed by atoms with Gasteiger partial charge in [-0.25, -0.2) is 27.9 Å². The molecule has 1 fully saturated rings. The molecule has 2 aromatic rings. The molecule has 1 aliphatic heterocycles. The van der Waals surface area contributed by atoms with E-state index in [1.165, 1.54) is 11.2 Å². The molecule has 14 nitrogen and oxygen atoms in total. The summed E-state index contributed by atoms with van der Waals surface area (Å²) in [6.07, 6.45) is 5.18. The van der Waals surface area contributed by atoms with Gasteiger partial charge in [0.25, 0.3) is 0 Å². The highest BCUT2D eigenvalue weighted by molar-refractivity contribution is 7.89. The van der Waals surface area contributed by atoms with Crippen molar-refractivity contribution in [3.05, 3.63) is 41.7 Å². The van der Waals surface area contributed by atoms with Gasteiger partial charge in [0.05, 0.1) is 24.5 Å². The van der Waals surface area contributed by atoms with E-state index in [-0.39, 0.29) is 54.8 Å². The summed E-state index contributed by atoms with van der Waals surface area (Å²) in [5, 5.41) is 15.2. The number of anilines is 1. The van der Waals surface area contributed by atoms with Crippen molar-refractivity contribution in [3.8, 4) is 0 Å². The highest BCUT2D eigenvalue weighted by Crippen LogP contribution is 2.14. The number of pyridine rings is 1. The Morgan fingerprint density at radius 1 is 1.27 bits per heavy atom. The summed E-state index contributed by atoms with van der Waals surface area (Å²) in [5.41, 5.74) is 1.14. The molecule has 0 radical (unpaired) electrons. The van der Waals surface area contributed by atoms with Crippen LogP contribution >= 0.6 is 0 Å². The fourth-order valence-electron chi connectivity index (χ4n) is 4.30. The average molecular weight is 594 g/mol. The van der Waals surface area contributed by atoms with Crippen molar-refractivity contribution in [2.24, 2.45) is 0 Å². The lowest BCUT2D eigenvalue weighted by atomic mass is 10.1. The molecule has 2 aromatic heterocycles. The number of oxazole rings is 1. The number of hydrogen-bond donors (Lipinski definition) is 4. The number of aromatic nitrogens is 2. The number of piperidine rings is 1. The van der Waals surface area contributed by atoms with Gasteiger partial charge in [-0.2, -0.15) is 0 Å². The second-order valence-electron chi connectivity index (χ2n) is 10.2. The molecule has 0 saturated carbocycles. The van der Waals surface area contributed by atoms with E-state index in [1.54, 1.807) is 19.3 Å². The number of aliphatic carboxylic acids is 1. The van der Waals surface area contributed by atoms with E-state index >= 15 is 0 Å². The van der Waals surface area contributed by atoms with Crippen LogP contribution in [0.4, 0.5) is 10.6 Å². The van der Waals surface area contributed by atoms with Crippen molar-refractivity contribution in [3.63, 3.8) is 0 Å². The van der Waals surface area contributed by atoms with Crippen LogP contribution in [0.5, 0.6) is 0 Å². The van der Waals surface area contributed by atoms with E-state index in [1.807, 2.05) is 24.8 Å². The number of unbranched alkanes of at least 4 members (excludes halogenated alkanes) is 1. The summed E-state index contributed by atoms with van der Waals surface area (Å²) < 4.78 is 31.9. The number of amides is 3. The van der Waals surface area contributed by atoms with Gasteiger partial charge in [0.15, 0.2) is 0 Å². The van der Waals surface area contributed by atoms with Crippen LogP contribution in [0.2, 0.25) is 0 Å². The molecule has 3 rings (SSSR count). The number of likely N-dealkylation sites (N-methyl/N-ethyl adjacent to an activating group) is 1. The van der Waals surface area contributed by atoms with Gasteiger partial charge in [-0.3, -0.25) is 19.8 Å². The Morgan fingerprint density at radius 3 is 2.66 bits per heavy atom. The maximum absolute atomic E-state index is 12.8. The van der Waals surface area contributed by atoms with Crippen LogP contribution in [-0.2, 0) is 32.6 Å². The summed E-state index contributed by atoms with van der Waals surface area (Å²) in [4.78, 5) is 48.6. The highest BCUT2D eigenvalue weighted by atomic mass is 32.2. The number of sulfonamides is 1. The molecule has 0 aliphatic carbocycles. The van der Waals surface area contributed by atoms with Crippen molar-refractivity contribution in [1.82, 2.24) is 29.8 Å². The first-order chi connectivity index (χ1) is 19.5. The van der Waals surface area contributed by atoms with Gasteiger partial charge in [0, 0.05) is 38.8 Å². The zero-order valence-electron chi connectivity index (χ0n) is 23.6. The highest BCUT2D eigenvalue weighted by Gasteiger charge is 2.27. The van der Waals surface area contributed by atoms with Crippen molar-refractivity contribution in [1.29, 1.82) is 0 Å². The SMILES string of the molecule is CCCCS(=O)(=O)NC(Cc1coc(CN(C)C(=O)CN2CCC(NC(=O)Nc3ncccc3C)CC2)n1)C(=O)O. The molecule has 1 atom stereocenters. The molecule has 3 heterocycles. The smallest absolute Gasteiger partial charge is 0.322 e. The van der Waals surface area contributed by atoms with Gasteiger partial charge < -0.3 is 19.7 Å². The Balaban J connectivity index is 1.42. The molecule has 0 spiro atoms. The Hall–Kier alpha value is -3.56. The number of hydrogen-bond acceptors (Lipinski definition) is 9. The first-order valence-corrected chi connectivity index (χ1v) is 15.2. The Morgan fingerprint density at radius 2 is 2.00 bits per heavy atom. The Kier molecular flexibility index (Phi) is 11.6. The second-order valence-corrected chi connectivity index (χ2v) is 12.1. The maximum atomic E-state index is 12.8. The lowest BCUT2D eigenvalue weighted by molar-refractivity contribution is -0.139. The van der Waals surface area contributed by atoms with E-state index in [0.717, 1.165) is 5.56 Å². The number of nitrogens with zero attached hydrogens (tertiary/aromatic N) is 4. The van der Waals surface area contributed by atoms with Crippen LogP contribution in [0.1, 0.15) is 49.8 Å². The molecule has 1 unspecified atom stereocenters. The molecule has 1 saturated heterocycles. The molecule has 41 heavy (non-hydrogen) atoms. The third-order valence-corrected chi connectivity index (χ3v) is 8.19. The van der Waals surface area contributed by atoms with E-state index in [4.69, 9.17) is 4.42 Å². The van der Waals surface area contributed by atoms with Crippen LogP contribution in [0.25, 0.3) is 0 Å². The minimum atomic E-state index is -3.74. The van der Waals surface area contributed by atoms with Gasteiger partial charge in [-0.1, -0.05) is 19.4 Å². The average Bonchev–Trinajstić information content (AvgIpc) is 3.36. The van der Waals surface area contributed by atoms with Gasteiger partial charge in [0.1, 0.15) is 18.1 Å². The predicted molar refractivity (Wildman–Crippen MR) is 151 cm³/mol. The minimum absolute atomic E-state index is 0.0143. The van der Waals surface area contributed by atoms with E-state index in [2.05, 4.69) is 25.3 Å². The standard InChI is InChI=1S/C26H39N7O7S/c1-4-5-13-41(38,39)31-21(25(35)36)14-20-17-40-22(28-20)15-32(3)23(34)16-33-11-8-19(9-12-33)29-26(37)30-24-18(2)7-6-10-27-24/h6-7,10,17,19,21,31H,4-5,8-9,11-16H2,1-3H3,(H,35,36)(H2,27,29,30,37). The summed E-state index contributed by atoms with van der Waals surface area (Å²) in [6.45, 7) is 5.26. The summed E-state index contributed by atoms with van der Waals surface area (Å²) in [6, 6.07) is 1.97. The van der Waals surface area contributed by atoms with E-state index < -0.39 is 22.0 Å².